The maximum Gasteiger partial charge on any atom is 0.228 e. The molecule has 0 aliphatic heterocycles. The van der Waals surface area contributed by atoms with Gasteiger partial charge in [-0.25, -0.2) is 0 Å². The number of para-hydroxylation sites is 1. The molecule has 6 heteroatoms. The zero-order valence-electron chi connectivity index (χ0n) is 15.3. The molecule has 0 bridgehead atoms. The van der Waals surface area contributed by atoms with Crippen molar-refractivity contribution in [1.29, 1.82) is 0 Å². The average molecular weight is 368 g/mol. The molecule has 1 saturated carbocycles. The number of benzene rings is 2. The Morgan fingerprint density at radius 1 is 0.963 bits per heavy atom. The van der Waals surface area contributed by atoms with E-state index >= 15 is 0 Å². The first-order chi connectivity index (χ1) is 13.2. The van der Waals surface area contributed by atoms with E-state index in [9.17, 15) is 9.59 Å². The van der Waals surface area contributed by atoms with Crippen molar-refractivity contribution in [2.75, 3.05) is 25.6 Å². The molecule has 2 unspecified atom stereocenters. The molecule has 2 amide bonds. The van der Waals surface area contributed by atoms with Crippen LogP contribution in [0.4, 0.5) is 5.69 Å². The van der Waals surface area contributed by atoms with E-state index in [4.69, 9.17) is 9.47 Å². The van der Waals surface area contributed by atoms with Gasteiger partial charge in [0, 0.05) is 25.9 Å². The summed E-state index contributed by atoms with van der Waals surface area (Å²) < 4.78 is 10.7. The molecule has 2 aromatic carbocycles. The van der Waals surface area contributed by atoms with E-state index in [1.807, 2.05) is 30.3 Å². The first-order valence-electron chi connectivity index (χ1n) is 9.08. The van der Waals surface area contributed by atoms with Crippen LogP contribution in [0.5, 0.6) is 11.5 Å². The maximum atomic E-state index is 12.3. The van der Waals surface area contributed by atoms with E-state index in [1.54, 1.807) is 31.4 Å². The number of carbonyl (C=O) groups excluding carboxylic acids is 2. The van der Waals surface area contributed by atoms with Crippen LogP contribution in [-0.4, -0.2) is 32.1 Å². The van der Waals surface area contributed by atoms with Crippen molar-refractivity contribution < 1.29 is 19.1 Å². The van der Waals surface area contributed by atoms with Gasteiger partial charge >= 0.3 is 0 Å². The molecule has 1 aliphatic rings. The van der Waals surface area contributed by atoms with Gasteiger partial charge in [0.05, 0.1) is 11.8 Å². The highest BCUT2D eigenvalue weighted by Gasteiger charge is 2.47. The largest absolute Gasteiger partial charge is 0.457 e. The summed E-state index contributed by atoms with van der Waals surface area (Å²) in [6.45, 7) is 1.18. The maximum absolute atomic E-state index is 12.3. The number of anilines is 1. The fraction of sp³-hybridized carbons (Fsp3) is 0.333. The molecule has 0 heterocycles. The van der Waals surface area contributed by atoms with E-state index in [0.29, 0.717) is 31.0 Å². The Labute approximate surface area is 158 Å². The Bertz CT molecular complexity index is 762. The second kappa shape index (κ2) is 9.19. The van der Waals surface area contributed by atoms with E-state index in [-0.39, 0.29) is 23.7 Å². The van der Waals surface area contributed by atoms with E-state index in [2.05, 4.69) is 10.6 Å². The van der Waals surface area contributed by atoms with Gasteiger partial charge in [0.1, 0.15) is 11.5 Å². The van der Waals surface area contributed by atoms with Gasteiger partial charge in [-0.2, -0.15) is 0 Å². The zero-order valence-corrected chi connectivity index (χ0v) is 15.3. The first kappa shape index (κ1) is 18.9. The number of methoxy groups -OCH3 is 1. The normalized spacial score (nSPS) is 17.8. The molecular formula is C21H24N2O4. The predicted octanol–water partition coefficient (Wildman–Crippen LogP) is 3.21. The van der Waals surface area contributed by atoms with Crippen LogP contribution in [0.1, 0.15) is 12.8 Å². The Hall–Kier alpha value is -2.86. The molecule has 27 heavy (non-hydrogen) atoms. The molecule has 2 aromatic rings. The minimum absolute atomic E-state index is 0.0575. The topological polar surface area (TPSA) is 76.7 Å². The minimum Gasteiger partial charge on any atom is -0.457 e. The Morgan fingerprint density at radius 2 is 1.63 bits per heavy atom. The van der Waals surface area contributed by atoms with Gasteiger partial charge in [0.2, 0.25) is 11.8 Å². The molecule has 0 aromatic heterocycles. The molecule has 3 rings (SSSR count). The van der Waals surface area contributed by atoms with Crippen molar-refractivity contribution in [3.05, 3.63) is 54.6 Å². The fourth-order valence-corrected chi connectivity index (χ4v) is 2.80. The smallest absolute Gasteiger partial charge is 0.228 e. The van der Waals surface area contributed by atoms with Crippen LogP contribution in [0.3, 0.4) is 0 Å². The van der Waals surface area contributed by atoms with Crippen molar-refractivity contribution in [3.63, 3.8) is 0 Å². The Kier molecular flexibility index (Phi) is 6.44. The third kappa shape index (κ3) is 5.56. The van der Waals surface area contributed by atoms with Gasteiger partial charge in [-0.05, 0) is 49.2 Å². The van der Waals surface area contributed by atoms with Crippen molar-refractivity contribution in [2.45, 2.75) is 12.8 Å². The molecule has 2 atom stereocenters. The summed E-state index contributed by atoms with van der Waals surface area (Å²) in [5.41, 5.74) is 0.687. The second-order valence-corrected chi connectivity index (χ2v) is 6.51. The molecule has 0 saturated heterocycles. The summed E-state index contributed by atoms with van der Waals surface area (Å²) in [4.78, 5) is 24.3. The molecule has 1 aliphatic carbocycles. The van der Waals surface area contributed by atoms with Crippen LogP contribution in [0.15, 0.2) is 54.6 Å². The van der Waals surface area contributed by atoms with Gasteiger partial charge in [0.15, 0.2) is 0 Å². The SMILES string of the molecule is COCCCNC(=O)C1CC1C(=O)Nc1ccc(Oc2ccccc2)cc1. The lowest BCUT2D eigenvalue weighted by atomic mass is 10.2. The van der Waals surface area contributed by atoms with Gasteiger partial charge in [0.25, 0.3) is 0 Å². The number of nitrogens with one attached hydrogen (secondary N) is 2. The molecule has 0 radical (unpaired) electrons. The summed E-state index contributed by atoms with van der Waals surface area (Å²) in [6, 6.07) is 16.7. The molecular weight excluding hydrogens is 344 g/mol. The Morgan fingerprint density at radius 3 is 2.33 bits per heavy atom. The number of ether oxygens (including phenoxy) is 2. The van der Waals surface area contributed by atoms with Crippen LogP contribution >= 0.6 is 0 Å². The van der Waals surface area contributed by atoms with Gasteiger partial charge in [-0.3, -0.25) is 9.59 Å². The summed E-state index contributed by atoms with van der Waals surface area (Å²) in [5, 5.41) is 5.70. The van der Waals surface area contributed by atoms with Crippen molar-refractivity contribution in [1.82, 2.24) is 5.32 Å². The van der Waals surface area contributed by atoms with Crippen molar-refractivity contribution in [2.24, 2.45) is 11.8 Å². The van der Waals surface area contributed by atoms with Crippen LogP contribution in [-0.2, 0) is 14.3 Å². The highest BCUT2D eigenvalue weighted by molar-refractivity contribution is 5.99. The summed E-state index contributed by atoms with van der Waals surface area (Å²) in [6.07, 6.45) is 1.36. The van der Waals surface area contributed by atoms with Crippen molar-refractivity contribution >= 4 is 17.5 Å². The molecule has 2 N–H and O–H groups in total. The van der Waals surface area contributed by atoms with E-state index in [0.717, 1.165) is 12.2 Å². The number of carbonyl (C=O) groups is 2. The number of hydrogen-bond donors (Lipinski definition) is 2. The number of amides is 2. The zero-order chi connectivity index (χ0) is 19.1. The molecule has 0 spiro atoms. The molecule has 142 valence electrons. The second-order valence-electron chi connectivity index (χ2n) is 6.51. The van der Waals surface area contributed by atoms with Crippen LogP contribution in [0, 0.1) is 11.8 Å². The van der Waals surface area contributed by atoms with Crippen molar-refractivity contribution in [3.8, 4) is 11.5 Å². The predicted molar refractivity (Wildman–Crippen MR) is 103 cm³/mol. The lowest BCUT2D eigenvalue weighted by Gasteiger charge is -2.08. The van der Waals surface area contributed by atoms with E-state index in [1.165, 1.54) is 0 Å². The molecule has 6 nitrogen and oxygen atoms in total. The minimum atomic E-state index is -0.257. The van der Waals surface area contributed by atoms with Gasteiger partial charge in [-0.15, -0.1) is 0 Å². The highest BCUT2D eigenvalue weighted by atomic mass is 16.5. The monoisotopic (exact) mass is 368 g/mol. The Balaban J connectivity index is 1.44. The third-order valence-electron chi connectivity index (χ3n) is 4.39. The third-order valence-corrected chi connectivity index (χ3v) is 4.39. The lowest BCUT2D eigenvalue weighted by Crippen LogP contribution is -2.28. The van der Waals surface area contributed by atoms with Gasteiger partial charge in [-0.1, -0.05) is 18.2 Å². The summed E-state index contributed by atoms with van der Waals surface area (Å²) in [5.74, 6) is 0.785. The molecule has 1 fully saturated rings. The fourth-order valence-electron chi connectivity index (χ4n) is 2.80. The van der Waals surface area contributed by atoms with Crippen LogP contribution in [0.25, 0.3) is 0 Å². The van der Waals surface area contributed by atoms with Crippen LogP contribution < -0.4 is 15.4 Å². The summed E-state index contributed by atoms with van der Waals surface area (Å²) >= 11 is 0. The van der Waals surface area contributed by atoms with Gasteiger partial charge < -0.3 is 20.1 Å². The number of rotatable bonds is 9. The first-order valence-corrected chi connectivity index (χ1v) is 9.08. The lowest BCUT2D eigenvalue weighted by molar-refractivity contribution is -0.125. The van der Waals surface area contributed by atoms with Crippen LogP contribution in [0.2, 0.25) is 0 Å². The average Bonchev–Trinajstić information content (AvgIpc) is 3.49. The standard InChI is InChI=1S/C21H24N2O4/c1-26-13-5-12-22-20(24)18-14-19(18)21(25)23-15-8-10-17(11-9-15)27-16-6-3-2-4-7-16/h2-4,6-11,18-19H,5,12-14H2,1H3,(H,22,24)(H,23,25). The van der Waals surface area contributed by atoms with E-state index < -0.39 is 0 Å². The highest BCUT2D eigenvalue weighted by Crippen LogP contribution is 2.39. The number of hydrogen-bond acceptors (Lipinski definition) is 4. The quantitative estimate of drug-likeness (QED) is 0.667. The summed E-state index contributed by atoms with van der Waals surface area (Å²) in [7, 11) is 1.63.